The summed E-state index contributed by atoms with van der Waals surface area (Å²) in [6.07, 6.45) is -2.43. The summed E-state index contributed by atoms with van der Waals surface area (Å²) >= 11 is 0. The van der Waals surface area contributed by atoms with Gasteiger partial charge in [-0.3, -0.25) is 0 Å². The summed E-state index contributed by atoms with van der Waals surface area (Å²) in [7, 11) is 1.55. The molecule has 0 saturated carbocycles. The number of hydrogen-bond donors (Lipinski definition) is 1. The van der Waals surface area contributed by atoms with E-state index in [0.29, 0.717) is 13.2 Å². The van der Waals surface area contributed by atoms with E-state index in [4.69, 9.17) is 18.9 Å². The Balaban J connectivity index is 1.50. The van der Waals surface area contributed by atoms with Crippen LogP contribution in [0.4, 0.5) is 0 Å². The fourth-order valence-corrected chi connectivity index (χ4v) is 2.84. The second-order valence-electron chi connectivity index (χ2n) is 6.03. The van der Waals surface area contributed by atoms with Crippen LogP contribution in [-0.4, -0.2) is 43.4 Å². The van der Waals surface area contributed by atoms with Gasteiger partial charge >= 0.3 is 0 Å². The smallest absolute Gasteiger partial charge is 0.186 e. The molecule has 5 nitrogen and oxygen atoms in total. The molecule has 2 aromatic carbocycles. The third kappa shape index (κ3) is 4.87. The molecule has 0 spiro atoms. The summed E-state index contributed by atoms with van der Waals surface area (Å²) in [6.45, 7) is 1.14. The van der Waals surface area contributed by atoms with Crippen molar-refractivity contribution in [1.29, 1.82) is 0 Å². The maximum absolute atomic E-state index is 10.5. The number of hydrogen-bond acceptors (Lipinski definition) is 5. The summed E-state index contributed by atoms with van der Waals surface area (Å²) in [4.78, 5) is 0. The van der Waals surface area contributed by atoms with Crippen LogP contribution < -0.4 is 0 Å². The number of benzene rings is 2. The standard InChI is InChI=1S/C20H24O5/c1-22-20-19(24-13-16-10-6-3-7-11-16)18(21)17(25-20)14-23-12-15-8-4-2-5-9-15/h2-11,17-21H,12-14H2,1H3/t17?,18?,19-,20+/m1/s1. The summed E-state index contributed by atoms with van der Waals surface area (Å²) < 4.78 is 22.6. The van der Waals surface area contributed by atoms with Gasteiger partial charge in [0, 0.05) is 7.11 Å². The number of ether oxygens (including phenoxy) is 4. The first-order valence-electron chi connectivity index (χ1n) is 8.41. The third-order valence-electron chi connectivity index (χ3n) is 4.21. The van der Waals surface area contributed by atoms with E-state index >= 15 is 0 Å². The lowest BCUT2D eigenvalue weighted by Gasteiger charge is -2.20. The first-order chi connectivity index (χ1) is 12.3. The van der Waals surface area contributed by atoms with Crippen LogP contribution >= 0.6 is 0 Å². The molecule has 2 unspecified atom stereocenters. The lowest BCUT2D eigenvalue weighted by molar-refractivity contribution is -0.170. The number of rotatable bonds is 8. The molecule has 134 valence electrons. The van der Waals surface area contributed by atoms with Crippen LogP contribution in [0.15, 0.2) is 60.7 Å². The highest BCUT2D eigenvalue weighted by molar-refractivity contribution is 5.14. The average molecular weight is 344 g/mol. The van der Waals surface area contributed by atoms with Crippen molar-refractivity contribution in [3.63, 3.8) is 0 Å². The highest BCUT2D eigenvalue weighted by Crippen LogP contribution is 2.26. The molecule has 4 atom stereocenters. The van der Waals surface area contributed by atoms with Crippen molar-refractivity contribution in [3.8, 4) is 0 Å². The van der Waals surface area contributed by atoms with Gasteiger partial charge in [0.25, 0.3) is 0 Å². The van der Waals surface area contributed by atoms with Crippen LogP contribution in [0.25, 0.3) is 0 Å². The van der Waals surface area contributed by atoms with E-state index in [0.717, 1.165) is 11.1 Å². The molecular weight excluding hydrogens is 320 g/mol. The minimum absolute atomic E-state index is 0.279. The van der Waals surface area contributed by atoms with Crippen LogP contribution in [-0.2, 0) is 32.2 Å². The SMILES string of the molecule is CO[C@H]1OC(COCc2ccccc2)C(O)[C@H]1OCc1ccccc1. The highest BCUT2D eigenvalue weighted by atomic mass is 16.7. The molecule has 1 heterocycles. The van der Waals surface area contributed by atoms with Gasteiger partial charge in [-0.15, -0.1) is 0 Å². The zero-order chi connectivity index (χ0) is 17.5. The summed E-state index contributed by atoms with van der Waals surface area (Å²) in [5.41, 5.74) is 2.11. The second kappa shape index (κ2) is 9.08. The Morgan fingerprint density at radius 2 is 1.52 bits per heavy atom. The molecule has 5 heteroatoms. The number of methoxy groups -OCH3 is 1. The second-order valence-corrected chi connectivity index (χ2v) is 6.03. The molecule has 0 aromatic heterocycles. The van der Waals surface area contributed by atoms with Crippen molar-refractivity contribution >= 4 is 0 Å². The first kappa shape index (κ1) is 18.0. The van der Waals surface area contributed by atoms with E-state index in [9.17, 15) is 5.11 Å². The molecule has 0 radical (unpaired) electrons. The van der Waals surface area contributed by atoms with E-state index in [1.54, 1.807) is 7.11 Å². The van der Waals surface area contributed by atoms with Crippen LogP contribution in [0.3, 0.4) is 0 Å². The molecule has 0 amide bonds. The van der Waals surface area contributed by atoms with Crippen LogP contribution in [0, 0.1) is 0 Å². The predicted molar refractivity (Wildman–Crippen MR) is 92.8 cm³/mol. The van der Waals surface area contributed by atoms with Gasteiger partial charge in [-0.05, 0) is 11.1 Å². The maximum atomic E-state index is 10.5. The van der Waals surface area contributed by atoms with Crippen molar-refractivity contribution in [2.24, 2.45) is 0 Å². The van der Waals surface area contributed by atoms with Crippen molar-refractivity contribution < 1.29 is 24.1 Å². The van der Waals surface area contributed by atoms with E-state index in [1.807, 2.05) is 60.7 Å². The molecule has 1 aliphatic rings. The van der Waals surface area contributed by atoms with Crippen molar-refractivity contribution in [2.75, 3.05) is 13.7 Å². The molecule has 1 N–H and O–H groups in total. The van der Waals surface area contributed by atoms with E-state index in [-0.39, 0.29) is 6.61 Å². The Morgan fingerprint density at radius 3 is 2.12 bits per heavy atom. The molecule has 0 aliphatic carbocycles. The van der Waals surface area contributed by atoms with Gasteiger partial charge in [-0.1, -0.05) is 60.7 Å². The van der Waals surface area contributed by atoms with Gasteiger partial charge in [0.05, 0.1) is 19.8 Å². The summed E-state index contributed by atoms with van der Waals surface area (Å²) in [5.74, 6) is 0. The van der Waals surface area contributed by atoms with Gasteiger partial charge in [0.15, 0.2) is 6.29 Å². The number of aliphatic hydroxyl groups is 1. The fourth-order valence-electron chi connectivity index (χ4n) is 2.84. The predicted octanol–water partition coefficient (Wildman–Crippen LogP) is 2.52. The van der Waals surface area contributed by atoms with Crippen molar-refractivity contribution in [1.82, 2.24) is 0 Å². The Morgan fingerprint density at radius 1 is 0.920 bits per heavy atom. The zero-order valence-corrected chi connectivity index (χ0v) is 14.3. The van der Waals surface area contributed by atoms with Gasteiger partial charge in [0.1, 0.15) is 18.3 Å². The summed E-state index contributed by atoms with van der Waals surface area (Å²) in [5, 5.41) is 10.5. The third-order valence-corrected chi connectivity index (χ3v) is 4.21. The molecule has 25 heavy (non-hydrogen) atoms. The number of aliphatic hydroxyl groups excluding tert-OH is 1. The van der Waals surface area contributed by atoms with Crippen LogP contribution in [0.1, 0.15) is 11.1 Å². The Kier molecular flexibility index (Phi) is 6.55. The lowest BCUT2D eigenvalue weighted by Crippen LogP contribution is -2.37. The van der Waals surface area contributed by atoms with Gasteiger partial charge < -0.3 is 24.1 Å². The molecule has 3 rings (SSSR count). The molecular formula is C20H24O5. The van der Waals surface area contributed by atoms with E-state index in [2.05, 4.69) is 0 Å². The van der Waals surface area contributed by atoms with Gasteiger partial charge in [-0.2, -0.15) is 0 Å². The van der Waals surface area contributed by atoms with Gasteiger partial charge in [0.2, 0.25) is 0 Å². The normalized spacial score (nSPS) is 26.0. The average Bonchev–Trinajstić information content (AvgIpc) is 2.97. The largest absolute Gasteiger partial charge is 0.387 e. The van der Waals surface area contributed by atoms with Gasteiger partial charge in [-0.25, -0.2) is 0 Å². The summed E-state index contributed by atoms with van der Waals surface area (Å²) in [6, 6.07) is 19.7. The van der Waals surface area contributed by atoms with E-state index < -0.39 is 24.6 Å². The van der Waals surface area contributed by atoms with E-state index in [1.165, 1.54) is 0 Å². The first-order valence-corrected chi connectivity index (χ1v) is 8.41. The lowest BCUT2D eigenvalue weighted by atomic mass is 10.1. The molecule has 2 aromatic rings. The highest BCUT2D eigenvalue weighted by Gasteiger charge is 2.44. The Bertz CT molecular complexity index is 618. The maximum Gasteiger partial charge on any atom is 0.186 e. The van der Waals surface area contributed by atoms with Crippen LogP contribution in [0.5, 0.6) is 0 Å². The monoisotopic (exact) mass is 344 g/mol. The Hall–Kier alpha value is -1.76. The van der Waals surface area contributed by atoms with Crippen molar-refractivity contribution in [2.45, 2.75) is 37.8 Å². The van der Waals surface area contributed by atoms with Crippen LogP contribution in [0.2, 0.25) is 0 Å². The Labute approximate surface area is 148 Å². The minimum Gasteiger partial charge on any atom is -0.387 e. The zero-order valence-electron chi connectivity index (χ0n) is 14.3. The minimum atomic E-state index is -0.801. The van der Waals surface area contributed by atoms with Crippen molar-refractivity contribution in [3.05, 3.63) is 71.8 Å². The fraction of sp³-hybridized carbons (Fsp3) is 0.400. The molecule has 1 aliphatic heterocycles. The molecule has 1 fully saturated rings. The molecule has 1 saturated heterocycles. The topological polar surface area (TPSA) is 57.2 Å². The molecule has 0 bridgehead atoms. The quantitative estimate of drug-likeness (QED) is 0.797.